The van der Waals surface area contributed by atoms with Gasteiger partial charge in [0.2, 0.25) is 15.4 Å². The summed E-state index contributed by atoms with van der Waals surface area (Å²) in [7, 11) is -3.81. The van der Waals surface area contributed by atoms with E-state index in [2.05, 4.69) is 20.2 Å². The minimum Gasteiger partial charge on any atom is -0.301 e. The molecular formula is C15H20N4O3S2. The molecule has 130 valence electrons. The SMILES string of the molecule is CCC(=O)Nc1nnc(S(=O)(=O)N[C@@H](C)c2ccc(C)c(C)c2)s1. The van der Waals surface area contributed by atoms with Gasteiger partial charge in [-0.1, -0.05) is 36.5 Å². The lowest BCUT2D eigenvalue weighted by molar-refractivity contribution is -0.115. The number of aromatic nitrogens is 2. The Morgan fingerprint density at radius 3 is 2.58 bits per heavy atom. The summed E-state index contributed by atoms with van der Waals surface area (Å²) in [4.78, 5) is 11.3. The van der Waals surface area contributed by atoms with Gasteiger partial charge in [0.15, 0.2) is 0 Å². The van der Waals surface area contributed by atoms with Crippen LogP contribution in [0.2, 0.25) is 0 Å². The minimum absolute atomic E-state index is 0.168. The van der Waals surface area contributed by atoms with Gasteiger partial charge in [0.25, 0.3) is 10.0 Å². The zero-order valence-corrected chi connectivity index (χ0v) is 15.6. The van der Waals surface area contributed by atoms with Crippen molar-refractivity contribution in [3.8, 4) is 0 Å². The molecule has 1 amide bonds. The predicted octanol–water partition coefficient (Wildman–Crippen LogP) is 2.54. The number of hydrogen-bond donors (Lipinski definition) is 2. The molecule has 0 fully saturated rings. The van der Waals surface area contributed by atoms with Crippen LogP contribution in [0.15, 0.2) is 22.5 Å². The Morgan fingerprint density at radius 2 is 1.96 bits per heavy atom. The maximum Gasteiger partial charge on any atom is 0.270 e. The highest BCUT2D eigenvalue weighted by Gasteiger charge is 2.23. The number of sulfonamides is 1. The third-order valence-corrected chi connectivity index (χ3v) is 6.31. The van der Waals surface area contributed by atoms with Gasteiger partial charge in [-0.05, 0) is 37.5 Å². The van der Waals surface area contributed by atoms with E-state index in [4.69, 9.17) is 0 Å². The topological polar surface area (TPSA) is 101 Å². The molecule has 0 aliphatic heterocycles. The fourth-order valence-electron chi connectivity index (χ4n) is 1.96. The van der Waals surface area contributed by atoms with Crippen molar-refractivity contribution in [2.45, 2.75) is 44.5 Å². The number of carbonyl (C=O) groups excluding carboxylic acids is 1. The molecule has 1 heterocycles. The van der Waals surface area contributed by atoms with Gasteiger partial charge in [0.05, 0.1) is 0 Å². The van der Waals surface area contributed by atoms with Crippen molar-refractivity contribution in [2.75, 3.05) is 5.32 Å². The molecule has 9 heteroatoms. The van der Waals surface area contributed by atoms with Gasteiger partial charge in [0.1, 0.15) is 0 Å². The molecule has 2 aromatic rings. The molecule has 1 aromatic carbocycles. The largest absolute Gasteiger partial charge is 0.301 e. The number of rotatable bonds is 6. The fourth-order valence-corrected chi connectivity index (χ4v) is 4.13. The van der Waals surface area contributed by atoms with E-state index in [0.29, 0.717) is 0 Å². The third kappa shape index (κ3) is 4.37. The average molecular weight is 368 g/mol. The number of nitrogens with one attached hydrogen (secondary N) is 2. The Hall–Kier alpha value is -1.84. The fraction of sp³-hybridized carbons (Fsp3) is 0.400. The van der Waals surface area contributed by atoms with Crippen LogP contribution in [0.5, 0.6) is 0 Å². The molecular weight excluding hydrogens is 348 g/mol. The summed E-state index contributed by atoms with van der Waals surface area (Å²) in [5.74, 6) is -0.244. The summed E-state index contributed by atoms with van der Waals surface area (Å²) >= 11 is 0.822. The number of aryl methyl sites for hydroxylation is 2. The molecule has 24 heavy (non-hydrogen) atoms. The van der Waals surface area contributed by atoms with Gasteiger partial charge in [-0.2, -0.15) is 0 Å². The lowest BCUT2D eigenvalue weighted by atomic mass is 10.0. The van der Waals surface area contributed by atoms with E-state index >= 15 is 0 Å². The Balaban J connectivity index is 2.15. The van der Waals surface area contributed by atoms with E-state index in [9.17, 15) is 13.2 Å². The molecule has 2 rings (SSSR count). The van der Waals surface area contributed by atoms with E-state index in [0.717, 1.165) is 28.0 Å². The van der Waals surface area contributed by atoms with Crippen molar-refractivity contribution in [1.29, 1.82) is 0 Å². The van der Waals surface area contributed by atoms with E-state index in [-0.39, 0.29) is 21.8 Å². The number of anilines is 1. The highest BCUT2D eigenvalue weighted by molar-refractivity contribution is 7.91. The van der Waals surface area contributed by atoms with Crippen LogP contribution in [-0.4, -0.2) is 24.5 Å². The number of carbonyl (C=O) groups is 1. The minimum atomic E-state index is -3.81. The smallest absolute Gasteiger partial charge is 0.270 e. The number of benzene rings is 1. The maximum absolute atomic E-state index is 12.4. The van der Waals surface area contributed by atoms with Crippen LogP contribution in [0.3, 0.4) is 0 Å². The summed E-state index contributed by atoms with van der Waals surface area (Å²) in [6, 6.07) is 5.39. The van der Waals surface area contributed by atoms with Crippen LogP contribution >= 0.6 is 11.3 Å². The van der Waals surface area contributed by atoms with Crippen LogP contribution in [0.1, 0.15) is 43.0 Å². The molecule has 0 saturated carbocycles. The molecule has 0 radical (unpaired) electrons. The lowest BCUT2D eigenvalue weighted by Gasteiger charge is -2.14. The van der Waals surface area contributed by atoms with Crippen LogP contribution < -0.4 is 10.0 Å². The Morgan fingerprint density at radius 1 is 1.25 bits per heavy atom. The quantitative estimate of drug-likeness (QED) is 0.763. The molecule has 1 aromatic heterocycles. The molecule has 0 spiro atoms. The van der Waals surface area contributed by atoms with E-state index < -0.39 is 16.1 Å². The highest BCUT2D eigenvalue weighted by atomic mass is 32.2. The summed E-state index contributed by atoms with van der Waals surface area (Å²) in [5, 5.41) is 10.0. The number of amides is 1. The first-order valence-electron chi connectivity index (χ1n) is 7.45. The lowest BCUT2D eigenvalue weighted by Crippen LogP contribution is -2.26. The van der Waals surface area contributed by atoms with Crippen molar-refractivity contribution in [1.82, 2.24) is 14.9 Å². The van der Waals surface area contributed by atoms with E-state index in [1.54, 1.807) is 13.8 Å². The molecule has 0 unspecified atom stereocenters. The van der Waals surface area contributed by atoms with Crippen LogP contribution in [0, 0.1) is 13.8 Å². The van der Waals surface area contributed by atoms with Crippen molar-refractivity contribution < 1.29 is 13.2 Å². The van der Waals surface area contributed by atoms with Gasteiger partial charge in [-0.3, -0.25) is 4.79 Å². The van der Waals surface area contributed by atoms with Gasteiger partial charge in [0, 0.05) is 12.5 Å². The third-order valence-electron chi connectivity index (χ3n) is 3.57. The standard InChI is InChI=1S/C15H20N4O3S2/c1-5-13(20)16-14-17-18-15(23-14)24(21,22)19-11(4)12-7-6-9(2)10(3)8-12/h6-8,11,19H,5H2,1-4H3,(H,16,17,20)/t11-/m0/s1. The first-order valence-corrected chi connectivity index (χ1v) is 9.75. The van der Waals surface area contributed by atoms with Crippen molar-refractivity contribution in [3.63, 3.8) is 0 Å². The predicted molar refractivity (Wildman–Crippen MR) is 93.5 cm³/mol. The van der Waals surface area contributed by atoms with Gasteiger partial charge in [-0.25, -0.2) is 13.1 Å². The number of hydrogen-bond acceptors (Lipinski definition) is 6. The van der Waals surface area contributed by atoms with E-state index in [1.807, 2.05) is 32.0 Å². The van der Waals surface area contributed by atoms with Crippen molar-refractivity contribution in [3.05, 3.63) is 34.9 Å². The second-order valence-electron chi connectivity index (χ2n) is 5.46. The Kier molecular flexibility index (Phi) is 5.68. The molecule has 2 N–H and O–H groups in total. The monoisotopic (exact) mass is 368 g/mol. The van der Waals surface area contributed by atoms with Gasteiger partial charge in [-0.15, -0.1) is 10.2 Å². The molecule has 1 atom stereocenters. The first kappa shape index (κ1) is 18.5. The summed E-state index contributed by atoms with van der Waals surface area (Å²) in [6.45, 7) is 7.44. The zero-order valence-electron chi connectivity index (χ0n) is 14.0. The zero-order chi connectivity index (χ0) is 17.9. The van der Waals surface area contributed by atoms with Gasteiger partial charge < -0.3 is 5.32 Å². The number of nitrogens with zero attached hydrogens (tertiary/aromatic N) is 2. The molecule has 0 aliphatic carbocycles. The van der Waals surface area contributed by atoms with Crippen LogP contribution in [-0.2, 0) is 14.8 Å². The molecule has 0 saturated heterocycles. The van der Waals surface area contributed by atoms with Gasteiger partial charge >= 0.3 is 0 Å². The summed E-state index contributed by atoms with van der Waals surface area (Å²) in [5.41, 5.74) is 3.11. The summed E-state index contributed by atoms with van der Waals surface area (Å²) in [6.07, 6.45) is 0.281. The van der Waals surface area contributed by atoms with Crippen LogP contribution in [0.4, 0.5) is 5.13 Å². The normalized spacial score (nSPS) is 12.8. The second-order valence-corrected chi connectivity index (χ2v) is 8.33. The van der Waals surface area contributed by atoms with Crippen molar-refractivity contribution >= 4 is 32.4 Å². The van der Waals surface area contributed by atoms with Crippen LogP contribution in [0.25, 0.3) is 0 Å². The Bertz CT molecular complexity index is 846. The second kappa shape index (κ2) is 7.37. The molecule has 0 bridgehead atoms. The maximum atomic E-state index is 12.4. The molecule has 7 nitrogen and oxygen atoms in total. The molecule has 0 aliphatic rings. The first-order chi connectivity index (χ1) is 11.2. The van der Waals surface area contributed by atoms with Crippen molar-refractivity contribution in [2.24, 2.45) is 0 Å². The Labute approximate surface area is 145 Å². The van der Waals surface area contributed by atoms with E-state index in [1.165, 1.54) is 0 Å². The summed E-state index contributed by atoms with van der Waals surface area (Å²) < 4.78 is 27.2. The highest BCUT2D eigenvalue weighted by Crippen LogP contribution is 2.23. The average Bonchev–Trinajstić information content (AvgIpc) is 2.98.